The molecule has 0 atom stereocenters. The number of hydrogen-bond donors (Lipinski definition) is 1. The van der Waals surface area contributed by atoms with Crippen LogP contribution in [0.25, 0.3) is 0 Å². The molecular weight excluding hydrogens is 285 g/mol. The zero-order valence-corrected chi connectivity index (χ0v) is 13.8. The fourth-order valence-corrected chi connectivity index (χ4v) is 4.66. The summed E-state index contributed by atoms with van der Waals surface area (Å²) in [6.45, 7) is 10.1. The van der Waals surface area contributed by atoms with Crippen LogP contribution in [0.15, 0.2) is 0 Å². The van der Waals surface area contributed by atoms with E-state index < -0.39 is 7.60 Å². The summed E-state index contributed by atoms with van der Waals surface area (Å²) in [5.41, 5.74) is 0. The Labute approximate surface area is 118 Å². The summed E-state index contributed by atoms with van der Waals surface area (Å²) in [4.78, 5) is 0. The third-order valence-corrected chi connectivity index (χ3v) is 5.13. The maximum Gasteiger partial charge on any atom is 0.338 e. The Kier molecular flexibility index (Phi) is 6.39. The van der Waals surface area contributed by atoms with Crippen LogP contribution < -0.4 is 5.32 Å². The van der Waals surface area contributed by atoms with Crippen molar-refractivity contribution in [1.29, 1.82) is 0 Å². The van der Waals surface area contributed by atoms with Crippen LogP contribution in [0.3, 0.4) is 0 Å². The Balaban J connectivity index is 2.78. The Hall–Kier alpha value is -0.490. The van der Waals surface area contributed by atoms with E-state index >= 15 is 0 Å². The lowest BCUT2D eigenvalue weighted by molar-refractivity contribution is 0.141. The average Bonchev–Trinajstić information content (AvgIpc) is 2.62. The summed E-state index contributed by atoms with van der Waals surface area (Å²) in [7, 11) is -3.18. The van der Waals surface area contributed by atoms with Crippen molar-refractivity contribution in [2.75, 3.05) is 11.9 Å². The van der Waals surface area contributed by atoms with E-state index in [1.54, 1.807) is 0 Å². The molecular formula is C11H22N3O3PS. The molecule has 0 aliphatic heterocycles. The molecule has 0 spiro atoms. The summed E-state index contributed by atoms with van der Waals surface area (Å²) >= 11 is 1.37. The molecule has 1 aromatic rings. The molecule has 1 N–H and O–H groups in total. The van der Waals surface area contributed by atoms with Crippen molar-refractivity contribution in [2.24, 2.45) is 0 Å². The average molecular weight is 307 g/mol. The van der Waals surface area contributed by atoms with Crippen molar-refractivity contribution in [3.63, 3.8) is 0 Å². The zero-order valence-electron chi connectivity index (χ0n) is 12.0. The number of hydrogen-bond acceptors (Lipinski definition) is 7. The highest BCUT2D eigenvalue weighted by atomic mass is 32.1. The minimum absolute atomic E-state index is 0.159. The van der Waals surface area contributed by atoms with Crippen LogP contribution in [-0.4, -0.2) is 29.0 Å². The molecule has 0 aliphatic carbocycles. The van der Waals surface area contributed by atoms with Gasteiger partial charge >= 0.3 is 7.60 Å². The van der Waals surface area contributed by atoms with E-state index in [1.165, 1.54) is 11.3 Å². The molecule has 1 heterocycles. The van der Waals surface area contributed by atoms with Crippen LogP contribution in [0.2, 0.25) is 0 Å². The van der Waals surface area contributed by atoms with Crippen molar-refractivity contribution in [3.8, 4) is 0 Å². The fraction of sp³-hybridized carbons (Fsp3) is 0.818. The van der Waals surface area contributed by atoms with Crippen LogP contribution >= 0.6 is 18.9 Å². The Bertz CT molecular complexity index is 423. The highest BCUT2D eigenvalue weighted by molar-refractivity contribution is 7.53. The third kappa shape index (κ3) is 5.99. The van der Waals surface area contributed by atoms with Gasteiger partial charge in [0.1, 0.15) is 11.2 Å². The molecule has 0 aliphatic rings. The Morgan fingerprint density at radius 2 is 1.79 bits per heavy atom. The fourth-order valence-electron chi connectivity index (χ4n) is 1.45. The maximum absolute atomic E-state index is 12.6. The van der Waals surface area contributed by atoms with Crippen LogP contribution in [0.5, 0.6) is 0 Å². The van der Waals surface area contributed by atoms with Gasteiger partial charge in [-0.3, -0.25) is 4.57 Å². The predicted molar refractivity (Wildman–Crippen MR) is 77.8 cm³/mol. The number of nitrogens with zero attached hydrogens (tertiary/aromatic N) is 2. The lowest BCUT2D eigenvalue weighted by Gasteiger charge is -2.21. The van der Waals surface area contributed by atoms with E-state index in [0.29, 0.717) is 5.01 Å². The van der Waals surface area contributed by atoms with E-state index in [4.69, 9.17) is 9.05 Å². The van der Waals surface area contributed by atoms with Gasteiger partial charge in [-0.2, -0.15) is 0 Å². The van der Waals surface area contributed by atoms with Crippen molar-refractivity contribution in [1.82, 2.24) is 10.2 Å². The number of anilines is 1. The summed E-state index contributed by atoms with van der Waals surface area (Å²) in [6.07, 6.45) is -0.164. The van der Waals surface area contributed by atoms with Gasteiger partial charge in [-0.15, -0.1) is 10.2 Å². The van der Waals surface area contributed by atoms with E-state index in [-0.39, 0.29) is 18.4 Å². The van der Waals surface area contributed by atoms with Crippen molar-refractivity contribution < 1.29 is 13.6 Å². The van der Waals surface area contributed by atoms with E-state index in [0.717, 1.165) is 11.7 Å². The van der Waals surface area contributed by atoms with Gasteiger partial charge in [-0.05, 0) is 34.6 Å². The molecule has 0 amide bonds. The molecule has 1 rings (SSSR count). The highest BCUT2D eigenvalue weighted by Crippen LogP contribution is 2.53. The van der Waals surface area contributed by atoms with Gasteiger partial charge in [0.15, 0.2) is 0 Å². The van der Waals surface area contributed by atoms with Crippen molar-refractivity contribution in [3.05, 3.63) is 5.01 Å². The lowest BCUT2D eigenvalue weighted by atomic mass is 10.5. The molecule has 0 saturated carbocycles. The largest absolute Gasteiger partial charge is 0.360 e. The monoisotopic (exact) mass is 307 g/mol. The first-order chi connectivity index (χ1) is 8.84. The summed E-state index contributed by atoms with van der Waals surface area (Å²) in [6, 6.07) is 0. The molecule has 0 aromatic carbocycles. The van der Waals surface area contributed by atoms with Gasteiger partial charge in [0, 0.05) is 6.54 Å². The summed E-state index contributed by atoms with van der Waals surface area (Å²) in [5.74, 6) is 0. The number of aromatic nitrogens is 2. The SMILES string of the molecule is CCNc1nnc(CP(=O)(OC(C)C)OC(C)C)s1. The molecule has 19 heavy (non-hydrogen) atoms. The van der Waals surface area contributed by atoms with Crippen LogP contribution in [0.4, 0.5) is 5.13 Å². The first-order valence-electron chi connectivity index (χ1n) is 6.36. The van der Waals surface area contributed by atoms with Gasteiger partial charge in [-0.25, -0.2) is 0 Å². The second-order valence-electron chi connectivity index (χ2n) is 4.61. The molecule has 0 radical (unpaired) electrons. The predicted octanol–water partition coefficient (Wildman–Crippen LogP) is 3.51. The Morgan fingerprint density at radius 3 is 2.26 bits per heavy atom. The van der Waals surface area contributed by atoms with Gasteiger partial charge in [0.25, 0.3) is 0 Å². The van der Waals surface area contributed by atoms with Gasteiger partial charge < -0.3 is 14.4 Å². The van der Waals surface area contributed by atoms with Crippen molar-refractivity contribution >= 4 is 24.1 Å². The molecule has 0 bridgehead atoms. The lowest BCUT2D eigenvalue weighted by Crippen LogP contribution is -2.09. The third-order valence-electron chi connectivity index (χ3n) is 1.87. The summed E-state index contributed by atoms with van der Waals surface area (Å²) < 4.78 is 23.6. The maximum atomic E-state index is 12.6. The van der Waals surface area contributed by atoms with E-state index in [9.17, 15) is 4.57 Å². The topological polar surface area (TPSA) is 73.3 Å². The quantitative estimate of drug-likeness (QED) is 0.741. The summed E-state index contributed by atoms with van der Waals surface area (Å²) in [5, 5.41) is 12.4. The smallest absolute Gasteiger partial charge is 0.338 e. The molecule has 0 unspecified atom stereocenters. The van der Waals surface area contributed by atoms with Gasteiger partial charge in [0.05, 0.1) is 12.2 Å². The molecule has 0 fully saturated rings. The minimum atomic E-state index is -3.18. The standard InChI is InChI=1S/C11H22N3O3PS/c1-6-12-11-14-13-10(19-11)7-18(15,16-8(2)3)17-9(4)5/h8-9H,6-7H2,1-5H3,(H,12,14). The van der Waals surface area contributed by atoms with Crippen LogP contribution in [-0.2, 0) is 19.8 Å². The van der Waals surface area contributed by atoms with Crippen LogP contribution in [0, 0.1) is 0 Å². The molecule has 1 aromatic heterocycles. The second kappa shape index (κ2) is 7.33. The highest BCUT2D eigenvalue weighted by Gasteiger charge is 2.30. The van der Waals surface area contributed by atoms with Gasteiger partial charge in [0.2, 0.25) is 5.13 Å². The number of nitrogens with one attached hydrogen (secondary N) is 1. The zero-order chi connectivity index (χ0) is 14.5. The van der Waals surface area contributed by atoms with Crippen molar-refractivity contribution in [2.45, 2.75) is 53.0 Å². The minimum Gasteiger partial charge on any atom is -0.360 e. The molecule has 0 saturated heterocycles. The molecule has 6 nitrogen and oxygen atoms in total. The second-order valence-corrected chi connectivity index (χ2v) is 7.63. The van der Waals surface area contributed by atoms with E-state index in [2.05, 4.69) is 15.5 Å². The normalized spacial score (nSPS) is 12.4. The first kappa shape index (κ1) is 16.6. The Morgan fingerprint density at radius 1 is 1.21 bits per heavy atom. The number of rotatable bonds is 8. The van der Waals surface area contributed by atoms with E-state index in [1.807, 2.05) is 34.6 Å². The molecule has 8 heteroatoms. The van der Waals surface area contributed by atoms with Crippen LogP contribution in [0.1, 0.15) is 39.6 Å². The first-order valence-corrected chi connectivity index (χ1v) is 8.91. The van der Waals surface area contributed by atoms with Gasteiger partial charge in [-0.1, -0.05) is 11.3 Å². The molecule has 110 valence electrons.